The molecule has 1 aliphatic heterocycles. The van der Waals surface area contributed by atoms with Gasteiger partial charge in [0.05, 0.1) is 4.88 Å². The Kier molecular flexibility index (Phi) is 6.89. The number of fused-ring (bicyclic) bond motifs is 1. The molecule has 1 atom stereocenters. The number of phenols is 1. The second-order valence-corrected chi connectivity index (χ2v) is 10.4. The first-order valence-corrected chi connectivity index (χ1v) is 13.2. The van der Waals surface area contributed by atoms with Crippen molar-refractivity contribution in [3.63, 3.8) is 0 Å². The fourth-order valence-corrected chi connectivity index (χ4v) is 6.16. The van der Waals surface area contributed by atoms with E-state index in [0.29, 0.717) is 11.5 Å². The molecule has 1 unspecified atom stereocenters. The summed E-state index contributed by atoms with van der Waals surface area (Å²) in [6, 6.07) is 21.2. The van der Waals surface area contributed by atoms with Gasteiger partial charge in [-0.05, 0) is 66.8 Å². The summed E-state index contributed by atoms with van der Waals surface area (Å²) in [7, 11) is 0. The van der Waals surface area contributed by atoms with Crippen LogP contribution >= 0.6 is 11.3 Å². The maximum absolute atomic E-state index is 13.8. The van der Waals surface area contributed by atoms with E-state index >= 15 is 0 Å². The summed E-state index contributed by atoms with van der Waals surface area (Å²) in [4.78, 5) is 16.9. The minimum absolute atomic E-state index is 0.0262. The number of likely N-dealkylation sites (tertiary alicyclic amines) is 1. The molecule has 1 aromatic heterocycles. The van der Waals surface area contributed by atoms with Crippen LogP contribution in [-0.2, 0) is 6.42 Å². The van der Waals surface area contributed by atoms with Crippen LogP contribution in [0.4, 0.5) is 0 Å². The smallest absolute Gasteiger partial charge is 0.203 e. The second-order valence-electron chi connectivity index (χ2n) is 9.39. The van der Waals surface area contributed by atoms with E-state index < -0.39 is 0 Å². The summed E-state index contributed by atoms with van der Waals surface area (Å²) in [5, 5.41) is 11.0. The summed E-state index contributed by atoms with van der Waals surface area (Å²) in [6.07, 6.45) is 2.07. The molecule has 5 heteroatoms. The third kappa shape index (κ3) is 4.97. The number of ether oxygens (including phenoxy) is 1. The van der Waals surface area contributed by atoms with Crippen molar-refractivity contribution in [3.05, 3.63) is 82.7 Å². The number of carbonyl (C=O) groups is 1. The van der Waals surface area contributed by atoms with Gasteiger partial charge in [-0.15, -0.1) is 11.3 Å². The van der Waals surface area contributed by atoms with Gasteiger partial charge < -0.3 is 9.84 Å². The number of ketones is 1. The number of aromatic hydroxyl groups is 1. The predicted molar refractivity (Wildman–Crippen MR) is 144 cm³/mol. The molecule has 0 aliphatic carbocycles. The Labute approximate surface area is 210 Å². The minimum atomic E-state index is 0.0262. The number of carbonyl (C=O) groups excluding carboxylic acids is 1. The number of phenolic OH excluding ortho intramolecular Hbond substituents is 1. The Morgan fingerprint density at radius 2 is 1.91 bits per heavy atom. The molecule has 4 nitrogen and oxygen atoms in total. The zero-order valence-corrected chi connectivity index (χ0v) is 21.1. The summed E-state index contributed by atoms with van der Waals surface area (Å²) in [6.45, 7) is 8.29. The number of hydrogen-bond donors (Lipinski definition) is 1. The minimum Gasteiger partial charge on any atom is -0.508 e. The van der Waals surface area contributed by atoms with E-state index in [1.165, 1.54) is 17.8 Å². The Morgan fingerprint density at radius 3 is 2.66 bits per heavy atom. The molecule has 1 N–H and O–H groups in total. The van der Waals surface area contributed by atoms with Crippen molar-refractivity contribution >= 4 is 27.2 Å². The van der Waals surface area contributed by atoms with E-state index in [-0.39, 0.29) is 11.5 Å². The van der Waals surface area contributed by atoms with Crippen LogP contribution in [0, 0.1) is 5.92 Å². The highest BCUT2D eigenvalue weighted by atomic mass is 32.1. The molecule has 0 spiro atoms. The molecule has 5 rings (SSSR count). The van der Waals surface area contributed by atoms with Crippen molar-refractivity contribution in [1.29, 1.82) is 0 Å². The lowest BCUT2D eigenvalue weighted by molar-refractivity contribution is 0.104. The summed E-state index contributed by atoms with van der Waals surface area (Å²) >= 11 is 1.44. The Hall–Kier alpha value is -3.15. The molecular weight excluding hydrogens is 454 g/mol. The number of thiophene rings is 1. The average Bonchev–Trinajstić information content (AvgIpc) is 3.46. The molecule has 2 heterocycles. The Bertz CT molecular complexity index is 1340. The lowest BCUT2D eigenvalue weighted by Crippen LogP contribution is -2.25. The normalized spacial score (nSPS) is 16.1. The molecule has 35 heavy (non-hydrogen) atoms. The lowest BCUT2D eigenvalue weighted by atomic mass is 9.95. The largest absolute Gasteiger partial charge is 0.508 e. The predicted octanol–water partition coefficient (Wildman–Crippen LogP) is 6.79. The van der Waals surface area contributed by atoms with Crippen LogP contribution in [0.15, 0.2) is 66.7 Å². The number of aryl methyl sites for hydroxylation is 1. The molecule has 180 valence electrons. The van der Waals surface area contributed by atoms with Gasteiger partial charge in [0.2, 0.25) is 5.78 Å². The molecule has 1 fully saturated rings. The molecule has 0 amide bonds. The molecule has 0 radical (unpaired) electrons. The summed E-state index contributed by atoms with van der Waals surface area (Å²) < 4.78 is 6.92. The van der Waals surface area contributed by atoms with Crippen LogP contribution < -0.4 is 4.74 Å². The molecule has 3 aromatic carbocycles. The second kappa shape index (κ2) is 10.2. The zero-order valence-electron chi connectivity index (χ0n) is 20.3. The van der Waals surface area contributed by atoms with Gasteiger partial charge >= 0.3 is 0 Å². The van der Waals surface area contributed by atoms with Crippen LogP contribution in [0.1, 0.15) is 41.1 Å². The van der Waals surface area contributed by atoms with Gasteiger partial charge in [-0.2, -0.15) is 0 Å². The first kappa shape index (κ1) is 23.6. The van der Waals surface area contributed by atoms with Crippen molar-refractivity contribution in [1.82, 2.24) is 4.90 Å². The fourth-order valence-electron chi connectivity index (χ4n) is 4.94. The van der Waals surface area contributed by atoms with E-state index in [1.807, 2.05) is 54.6 Å². The van der Waals surface area contributed by atoms with E-state index in [2.05, 4.69) is 18.7 Å². The number of hydrogen-bond acceptors (Lipinski definition) is 5. The monoisotopic (exact) mass is 485 g/mol. The zero-order chi connectivity index (χ0) is 24.4. The van der Waals surface area contributed by atoms with Gasteiger partial charge in [0, 0.05) is 34.3 Å². The average molecular weight is 486 g/mol. The van der Waals surface area contributed by atoms with Gasteiger partial charge in [-0.1, -0.05) is 50.2 Å². The lowest BCUT2D eigenvalue weighted by Gasteiger charge is -2.15. The highest BCUT2D eigenvalue weighted by molar-refractivity contribution is 7.21. The van der Waals surface area contributed by atoms with Crippen LogP contribution in [0.2, 0.25) is 0 Å². The van der Waals surface area contributed by atoms with Crippen LogP contribution in [0.3, 0.4) is 0 Å². The summed E-state index contributed by atoms with van der Waals surface area (Å²) in [5.41, 5.74) is 3.67. The summed E-state index contributed by atoms with van der Waals surface area (Å²) in [5.74, 6) is 1.84. The van der Waals surface area contributed by atoms with Crippen molar-refractivity contribution in [3.8, 4) is 22.6 Å². The fraction of sp³-hybridized carbons (Fsp3) is 0.300. The first-order valence-electron chi connectivity index (χ1n) is 12.4. The number of rotatable bonds is 8. The Morgan fingerprint density at radius 1 is 1.11 bits per heavy atom. The van der Waals surface area contributed by atoms with Gasteiger partial charge in [-0.3, -0.25) is 9.69 Å². The molecule has 0 saturated carbocycles. The maximum atomic E-state index is 13.8. The molecular formula is C30H31NO3S. The van der Waals surface area contributed by atoms with E-state index in [4.69, 9.17) is 4.74 Å². The van der Waals surface area contributed by atoms with Gasteiger partial charge in [0.15, 0.2) is 0 Å². The highest BCUT2D eigenvalue weighted by Gasteiger charge is 2.23. The standard InChI is InChI=1S/C30H31NO3S/c1-3-21-6-4-5-7-25(21)29(33)30-28(26-13-10-23(32)18-27(26)35-30)22-8-11-24(12-9-22)34-17-16-31-15-14-20(2)19-31/h4-13,18,20,32H,3,14-17,19H2,1-2H3. The molecule has 0 bridgehead atoms. The number of benzene rings is 3. The SMILES string of the molecule is CCc1ccccc1C(=O)c1sc2cc(O)ccc2c1-c1ccc(OCCN2CCC(C)C2)cc1. The molecule has 1 aliphatic rings. The van der Waals surface area contributed by atoms with Crippen LogP contribution in [-0.4, -0.2) is 42.0 Å². The van der Waals surface area contributed by atoms with Gasteiger partial charge in [-0.25, -0.2) is 0 Å². The maximum Gasteiger partial charge on any atom is 0.203 e. The van der Waals surface area contributed by atoms with E-state index in [0.717, 1.165) is 70.1 Å². The van der Waals surface area contributed by atoms with Crippen LogP contribution in [0.5, 0.6) is 11.5 Å². The third-order valence-electron chi connectivity index (χ3n) is 6.85. The molecule has 1 saturated heterocycles. The van der Waals surface area contributed by atoms with E-state index in [1.54, 1.807) is 12.1 Å². The Balaban J connectivity index is 1.44. The van der Waals surface area contributed by atoms with Crippen molar-refractivity contribution in [2.45, 2.75) is 26.7 Å². The van der Waals surface area contributed by atoms with Crippen LogP contribution in [0.25, 0.3) is 21.2 Å². The first-order chi connectivity index (χ1) is 17.0. The quantitative estimate of drug-likeness (QED) is 0.279. The molecule has 4 aromatic rings. The van der Waals surface area contributed by atoms with Crippen molar-refractivity contribution in [2.24, 2.45) is 5.92 Å². The van der Waals surface area contributed by atoms with Gasteiger partial charge in [0.25, 0.3) is 0 Å². The highest BCUT2D eigenvalue weighted by Crippen LogP contribution is 2.42. The van der Waals surface area contributed by atoms with Crippen molar-refractivity contribution in [2.75, 3.05) is 26.2 Å². The van der Waals surface area contributed by atoms with E-state index in [9.17, 15) is 9.90 Å². The topological polar surface area (TPSA) is 49.8 Å². The third-order valence-corrected chi connectivity index (χ3v) is 8.00. The van der Waals surface area contributed by atoms with Crippen molar-refractivity contribution < 1.29 is 14.6 Å². The van der Waals surface area contributed by atoms with Gasteiger partial charge in [0.1, 0.15) is 18.1 Å². The number of nitrogens with zero attached hydrogens (tertiary/aromatic N) is 1.